The van der Waals surface area contributed by atoms with E-state index < -0.39 is 0 Å². The first-order valence-corrected chi connectivity index (χ1v) is 13.7. The van der Waals surface area contributed by atoms with Crippen LogP contribution in [-0.4, -0.2) is 88.2 Å². The Hall–Kier alpha value is -5.08. The number of aromatic nitrogens is 3. The molecule has 1 saturated heterocycles. The van der Waals surface area contributed by atoms with E-state index in [2.05, 4.69) is 38.4 Å². The Morgan fingerprint density at radius 1 is 1.18 bits per heavy atom. The number of ether oxygens (including phenoxy) is 1. The normalized spacial score (nSPS) is 15.4. The summed E-state index contributed by atoms with van der Waals surface area (Å²) >= 11 is 0. The summed E-state index contributed by atoms with van der Waals surface area (Å²) in [6.45, 7) is 5.01. The van der Waals surface area contributed by atoms with Crippen molar-refractivity contribution in [3.63, 3.8) is 0 Å². The summed E-state index contributed by atoms with van der Waals surface area (Å²) in [6.07, 6.45) is 3.53. The van der Waals surface area contributed by atoms with Crippen LogP contribution in [-0.2, 0) is 27.4 Å². The van der Waals surface area contributed by atoms with E-state index in [0.717, 1.165) is 41.3 Å². The van der Waals surface area contributed by atoms with E-state index >= 15 is 0 Å². The zero-order chi connectivity index (χ0) is 31.8. The van der Waals surface area contributed by atoms with Gasteiger partial charge >= 0.3 is 0 Å². The van der Waals surface area contributed by atoms with Crippen molar-refractivity contribution in [2.24, 2.45) is 0 Å². The molecule has 3 aromatic heterocycles. The molecular formula is C30H34FN7O6. The van der Waals surface area contributed by atoms with Gasteiger partial charge in [0.05, 0.1) is 47.2 Å². The molecule has 2 aliphatic rings. The Morgan fingerprint density at radius 3 is 2.64 bits per heavy atom. The number of nitrogens with zero attached hydrogens (tertiary/aromatic N) is 5. The lowest BCUT2D eigenvalue weighted by Crippen LogP contribution is -2.41. The minimum absolute atomic E-state index is 0.142. The number of pyridine rings is 2. The highest BCUT2D eigenvalue weighted by atomic mass is 19.1. The van der Waals surface area contributed by atoms with Crippen LogP contribution in [0.3, 0.4) is 0 Å². The lowest BCUT2D eigenvalue weighted by molar-refractivity contribution is -0.123. The monoisotopic (exact) mass is 607 g/mol. The molecule has 5 heterocycles. The van der Waals surface area contributed by atoms with Crippen LogP contribution in [0.25, 0.3) is 16.9 Å². The molecule has 0 spiro atoms. The first-order chi connectivity index (χ1) is 21.2. The number of morpholine rings is 1. The van der Waals surface area contributed by atoms with Crippen LogP contribution in [0.1, 0.15) is 28.5 Å². The maximum atomic E-state index is 13.7. The average molecular weight is 608 g/mol. The van der Waals surface area contributed by atoms with Crippen molar-refractivity contribution in [1.82, 2.24) is 24.6 Å². The molecule has 0 unspecified atom stereocenters. The summed E-state index contributed by atoms with van der Waals surface area (Å²) in [5.74, 6) is 0.190. The minimum atomic E-state index is -0.341. The van der Waals surface area contributed by atoms with E-state index in [4.69, 9.17) is 29.5 Å². The van der Waals surface area contributed by atoms with Gasteiger partial charge in [0.25, 0.3) is 18.9 Å². The van der Waals surface area contributed by atoms with Gasteiger partial charge in [-0.05, 0) is 50.8 Å². The maximum absolute atomic E-state index is 13.7. The molecule has 4 N–H and O–H groups in total. The summed E-state index contributed by atoms with van der Waals surface area (Å²) in [5, 5.41) is 20.1. The van der Waals surface area contributed by atoms with Gasteiger partial charge in [0, 0.05) is 44.0 Å². The van der Waals surface area contributed by atoms with Crippen LogP contribution >= 0.6 is 0 Å². The van der Waals surface area contributed by atoms with Crippen LogP contribution < -0.4 is 15.5 Å². The van der Waals surface area contributed by atoms with Crippen LogP contribution in [0.2, 0.25) is 0 Å². The van der Waals surface area contributed by atoms with Crippen molar-refractivity contribution < 1.29 is 33.7 Å². The van der Waals surface area contributed by atoms with Crippen LogP contribution in [0.15, 0.2) is 48.8 Å². The molecule has 1 atom stereocenters. The largest absolute Gasteiger partial charge is 0.483 e. The highest BCUT2D eigenvalue weighted by Crippen LogP contribution is 2.36. The second kappa shape index (κ2) is 14.4. The second-order valence-electron chi connectivity index (χ2n) is 10.3. The van der Waals surface area contributed by atoms with Crippen LogP contribution in [0, 0.1) is 5.82 Å². The molecule has 13 nitrogen and oxygen atoms in total. The summed E-state index contributed by atoms with van der Waals surface area (Å²) in [6, 6.07) is 10.7. The Labute approximate surface area is 252 Å². The van der Waals surface area contributed by atoms with E-state index in [1.54, 1.807) is 12.4 Å². The molecule has 0 radical (unpaired) electrons. The number of hydrogen-bond donors (Lipinski definition) is 4. The predicted molar refractivity (Wildman–Crippen MR) is 162 cm³/mol. The average Bonchev–Trinajstić information content (AvgIpc) is 3.57. The molecule has 0 aliphatic carbocycles. The van der Waals surface area contributed by atoms with Gasteiger partial charge in [0.1, 0.15) is 17.3 Å². The van der Waals surface area contributed by atoms with Gasteiger partial charge in [0.15, 0.2) is 0 Å². The fourth-order valence-corrected chi connectivity index (χ4v) is 5.29. The fraction of sp³-hybridized carbons (Fsp3) is 0.300. The van der Waals surface area contributed by atoms with E-state index in [9.17, 15) is 9.18 Å². The third-order valence-electron chi connectivity index (χ3n) is 6.98. The van der Waals surface area contributed by atoms with Crippen molar-refractivity contribution in [3.8, 4) is 11.3 Å². The molecule has 1 aromatic carbocycles. The SMILES string of the molecule is C[C@H]1CN(c2ccc(Nc3ccc(-c4cnc5cc(F)ccn45)c4c3C(=O)NC4)nc2CN(C)C)CCO1.O=CO.O=CO. The molecule has 44 heavy (non-hydrogen) atoms. The Morgan fingerprint density at radius 2 is 1.93 bits per heavy atom. The first-order valence-electron chi connectivity index (χ1n) is 13.7. The van der Waals surface area contributed by atoms with E-state index in [1.165, 1.54) is 12.1 Å². The number of amides is 1. The highest BCUT2D eigenvalue weighted by molar-refractivity contribution is 6.06. The van der Waals surface area contributed by atoms with Crippen molar-refractivity contribution in [2.45, 2.75) is 26.1 Å². The zero-order valence-electron chi connectivity index (χ0n) is 24.5. The number of benzene rings is 1. The molecule has 0 bridgehead atoms. The maximum Gasteiger partial charge on any atom is 0.290 e. The number of carbonyl (C=O) groups excluding carboxylic acids is 1. The first kappa shape index (κ1) is 31.8. The van der Waals surface area contributed by atoms with Gasteiger partial charge in [-0.2, -0.15) is 0 Å². The van der Waals surface area contributed by atoms with E-state index in [1.807, 2.05) is 36.7 Å². The number of rotatable bonds is 6. The summed E-state index contributed by atoms with van der Waals surface area (Å²) in [5.41, 5.74) is 6.40. The van der Waals surface area contributed by atoms with Gasteiger partial charge in [-0.1, -0.05) is 6.07 Å². The van der Waals surface area contributed by atoms with Crippen molar-refractivity contribution in [2.75, 3.05) is 44.0 Å². The minimum Gasteiger partial charge on any atom is -0.483 e. The van der Waals surface area contributed by atoms with E-state index in [0.29, 0.717) is 42.4 Å². The van der Waals surface area contributed by atoms with Gasteiger partial charge in [0.2, 0.25) is 0 Å². The number of nitrogens with one attached hydrogen (secondary N) is 2. The quantitative estimate of drug-likeness (QED) is 0.238. The lowest BCUT2D eigenvalue weighted by atomic mass is 9.99. The lowest BCUT2D eigenvalue weighted by Gasteiger charge is -2.34. The third-order valence-corrected chi connectivity index (χ3v) is 6.98. The summed E-state index contributed by atoms with van der Waals surface area (Å²) < 4.78 is 21.2. The molecule has 4 aromatic rings. The van der Waals surface area contributed by atoms with Crippen molar-refractivity contribution >= 4 is 41.7 Å². The second-order valence-corrected chi connectivity index (χ2v) is 10.3. The smallest absolute Gasteiger partial charge is 0.290 e. The number of carboxylic acid groups (broad SMARTS) is 2. The van der Waals surface area contributed by atoms with Crippen molar-refractivity contribution in [3.05, 3.63) is 71.4 Å². The van der Waals surface area contributed by atoms with Crippen LogP contribution in [0.4, 0.5) is 21.6 Å². The molecular weight excluding hydrogens is 573 g/mol. The number of hydrogen-bond acceptors (Lipinski definition) is 9. The van der Waals surface area contributed by atoms with Crippen LogP contribution in [0.5, 0.6) is 0 Å². The molecule has 1 fully saturated rings. The van der Waals surface area contributed by atoms with Gasteiger partial charge in [-0.3, -0.25) is 18.8 Å². The molecule has 6 rings (SSSR count). The summed E-state index contributed by atoms with van der Waals surface area (Å²) in [7, 11) is 4.05. The van der Waals surface area contributed by atoms with Gasteiger partial charge in [-0.25, -0.2) is 14.4 Å². The van der Waals surface area contributed by atoms with Crippen molar-refractivity contribution in [1.29, 1.82) is 0 Å². The zero-order valence-corrected chi connectivity index (χ0v) is 24.5. The van der Waals surface area contributed by atoms with Gasteiger partial charge in [-0.15, -0.1) is 0 Å². The third kappa shape index (κ3) is 7.10. The Kier molecular flexibility index (Phi) is 10.4. The van der Waals surface area contributed by atoms with Gasteiger partial charge < -0.3 is 35.4 Å². The molecule has 232 valence electrons. The molecule has 1 amide bonds. The Balaban J connectivity index is 0.000000683. The van der Waals surface area contributed by atoms with E-state index in [-0.39, 0.29) is 30.8 Å². The topological polar surface area (TPSA) is 162 Å². The number of fused-ring (bicyclic) bond motifs is 2. The number of halogens is 1. The Bertz CT molecular complexity index is 1640. The standard InChI is InChI=1S/C28H30FN7O2.2CH2O2/c1-17-15-35(10-11-38-17)23-6-7-25(33-22(23)16-34(2)3)32-21-5-4-19(20-13-31-28(37)27(20)21)24-14-30-26-12-18(29)8-9-36(24)26;2*2-1-3/h4-9,12,14,17H,10-11,13,15-16H2,1-3H3,(H,31,37)(H,32,33);2*1H,(H,2,3)/t17-;;/m0../s1. The highest BCUT2D eigenvalue weighted by Gasteiger charge is 2.28. The number of carbonyl (C=O) groups is 3. The summed E-state index contributed by atoms with van der Waals surface area (Å²) in [4.78, 5) is 43.4. The predicted octanol–water partition coefficient (Wildman–Crippen LogP) is 3.21. The molecule has 0 saturated carbocycles. The number of anilines is 3. The fourth-order valence-electron chi connectivity index (χ4n) is 5.29. The molecule has 2 aliphatic heterocycles. The molecule has 14 heteroatoms. The number of imidazole rings is 1.